The maximum absolute atomic E-state index is 12.8. The first-order valence-corrected chi connectivity index (χ1v) is 12.3. The monoisotopic (exact) mass is 546 g/mol. The van der Waals surface area contributed by atoms with Gasteiger partial charge in [-0.25, -0.2) is 4.79 Å². The number of nitrogens with two attached hydrogens (primary N) is 1. The number of aromatic nitrogens is 3. The molecule has 0 radical (unpaired) electrons. The third-order valence-corrected chi connectivity index (χ3v) is 6.22. The van der Waals surface area contributed by atoms with Crippen LogP contribution in [0.3, 0.4) is 0 Å². The van der Waals surface area contributed by atoms with E-state index in [-0.39, 0.29) is 33.2 Å². The average Bonchev–Trinajstić information content (AvgIpc) is 3.32. The fourth-order valence-electron chi connectivity index (χ4n) is 3.77. The zero-order chi connectivity index (χ0) is 26.4. The van der Waals surface area contributed by atoms with E-state index in [4.69, 9.17) is 31.5 Å². The Morgan fingerprint density at radius 1 is 1.13 bits per heavy atom. The summed E-state index contributed by atoms with van der Waals surface area (Å²) in [5.41, 5.74) is 6.89. The molecular formula is C26H35ClN6O5. The van der Waals surface area contributed by atoms with Crippen LogP contribution in [0.5, 0.6) is 0 Å². The molecule has 2 amide bonds. The summed E-state index contributed by atoms with van der Waals surface area (Å²) in [7, 11) is 0. The van der Waals surface area contributed by atoms with Crippen molar-refractivity contribution in [3.63, 3.8) is 0 Å². The SMILES string of the molecule is C.CC(C)(N)C(=O)N[C@H](COCc1ccccc1Cl)c1nnc2cccc(COC(=O)N3CCOCC3)n12. The highest BCUT2D eigenvalue weighted by Crippen LogP contribution is 2.20. The molecule has 0 bridgehead atoms. The van der Waals surface area contributed by atoms with Crippen molar-refractivity contribution < 1.29 is 23.8 Å². The van der Waals surface area contributed by atoms with Gasteiger partial charge in [0.1, 0.15) is 12.6 Å². The van der Waals surface area contributed by atoms with Crippen LogP contribution < -0.4 is 11.1 Å². The Morgan fingerprint density at radius 3 is 2.58 bits per heavy atom. The number of benzene rings is 1. The summed E-state index contributed by atoms with van der Waals surface area (Å²) in [6.07, 6.45) is -0.423. The fourth-order valence-corrected chi connectivity index (χ4v) is 3.96. The van der Waals surface area contributed by atoms with Crippen molar-refractivity contribution in [2.75, 3.05) is 32.9 Å². The third-order valence-electron chi connectivity index (χ3n) is 5.85. The van der Waals surface area contributed by atoms with E-state index in [1.807, 2.05) is 24.3 Å². The van der Waals surface area contributed by atoms with E-state index in [9.17, 15) is 9.59 Å². The van der Waals surface area contributed by atoms with Crippen LogP contribution in [0.15, 0.2) is 42.5 Å². The molecule has 1 atom stereocenters. The van der Waals surface area contributed by atoms with E-state index in [1.165, 1.54) is 0 Å². The van der Waals surface area contributed by atoms with Gasteiger partial charge < -0.3 is 30.2 Å². The van der Waals surface area contributed by atoms with Crippen molar-refractivity contribution in [3.8, 4) is 0 Å². The van der Waals surface area contributed by atoms with Gasteiger partial charge in [0.05, 0.1) is 37.7 Å². The number of nitrogens with zero attached hydrogens (tertiary/aromatic N) is 4. The van der Waals surface area contributed by atoms with Gasteiger partial charge in [0.25, 0.3) is 0 Å². The molecule has 1 aliphatic heterocycles. The molecule has 0 saturated carbocycles. The first-order valence-electron chi connectivity index (χ1n) is 12.0. The van der Waals surface area contributed by atoms with Gasteiger partial charge in [0, 0.05) is 18.1 Å². The zero-order valence-electron chi connectivity index (χ0n) is 20.9. The maximum atomic E-state index is 12.8. The van der Waals surface area contributed by atoms with Crippen molar-refractivity contribution in [3.05, 3.63) is 64.6 Å². The molecule has 1 saturated heterocycles. The standard InChI is InChI=1S/C25H31ClN6O5.CH4/c1-25(2,27)23(33)28-20(16-36-14-17-6-3-4-8-19(17)26)22-30-29-21-9-5-7-18(32(21)22)15-37-24(34)31-10-12-35-13-11-31;/h3-9,20H,10-16,27H2,1-2H3,(H,28,33);1H4/t20-;/m1./s1. The van der Waals surface area contributed by atoms with Crippen molar-refractivity contribution in [1.29, 1.82) is 0 Å². The molecule has 2 aromatic heterocycles. The third kappa shape index (κ3) is 7.19. The number of morpholine rings is 1. The van der Waals surface area contributed by atoms with E-state index in [2.05, 4.69) is 15.5 Å². The number of nitrogens with one attached hydrogen (secondary N) is 1. The Labute approximate surface area is 227 Å². The molecule has 3 N–H and O–H groups in total. The molecule has 1 aliphatic rings. The normalized spacial score (nSPS) is 14.6. The van der Waals surface area contributed by atoms with Crippen LogP contribution in [-0.2, 0) is 32.2 Å². The number of amides is 2. The summed E-state index contributed by atoms with van der Waals surface area (Å²) in [6.45, 7) is 5.45. The maximum Gasteiger partial charge on any atom is 0.410 e. The zero-order valence-corrected chi connectivity index (χ0v) is 21.6. The van der Waals surface area contributed by atoms with Gasteiger partial charge in [-0.3, -0.25) is 9.20 Å². The summed E-state index contributed by atoms with van der Waals surface area (Å²) in [6, 6.07) is 12.1. The van der Waals surface area contributed by atoms with E-state index < -0.39 is 17.7 Å². The molecule has 206 valence electrons. The summed E-state index contributed by atoms with van der Waals surface area (Å²) < 4.78 is 18.6. The Kier molecular flexibility index (Phi) is 10.0. The number of fused-ring (bicyclic) bond motifs is 1. The summed E-state index contributed by atoms with van der Waals surface area (Å²) >= 11 is 6.25. The summed E-state index contributed by atoms with van der Waals surface area (Å²) in [4.78, 5) is 26.9. The van der Waals surface area contributed by atoms with Crippen molar-refractivity contribution in [1.82, 2.24) is 24.8 Å². The van der Waals surface area contributed by atoms with Crippen LogP contribution in [0.1, 0.15) is 44.4 Å². The molecular weight excluding hydrogens is 512 g/mol. The van der Waals surface area contributed by atoms with Gasteiger partial charge in [-0.1, -0.05) is 43.3 Å². The molecule has 38 heavy (non-hydrogen) atoms. The molecule has 1 fully saturated rings. The van der Waals surface area contributed by atoms with Crippen LogP contribution in [0.4, 0.5) is 4.79 Å². The van der Waals surface area contributed by atoms with E-state index in [0.717, 1.165) is 5.56 Å². The Bertz CT molecular complexity index is 1240. The fraction of sp³-hybridized carbons (Fsp3) is 0.462. The lowest BCUT2D eigenvalue weighted by Crippen LogP contribution is -2.51. The van der Waals surface area contributed by atoms with Gasteiger partial charge in [-0.15, -0.1) is 10.2 Å². The highest BCUT2D eigenvalue weighted by atomic mass is 35.5. The first-order chi connectivity index (χ1) is 17.7. The predicted octanol–water partition coefficient (Wildman–Crippen LogP) is 3.10. The number of pyridine rings is 1. The Morgan fingerprint density at radius 2 is 1.87 bits per heavy atom. The minimum absolute atomic E-state index is 0. The Hall–Kier alpha value is -3.25. The smallest absolute Gasteiger partial charge is 0.410 e. The number of halogens is 1. The molecule has 1 aromatic carbocycles. The lowest BCUT2D eigenvalue weighted by Gasteiger charge is -2.26. The number of hydrogen-bond donors (Lipinski definition) is 2. The van der Waals surface area contributed by atoms with E-state index >= 15 is 0 Å². The number of hydrogen-bond acceptors (Lipinski definition) is 8. The van der Waals surface area contributed by atoms with Crippen LogP contribution >= 0.6 is 11.6 Å². The quantitative estimate of drug-likeness (QED) is 0.418. The second kappa shape index (κ2) is 13.0. The highest BCUT2D eigenvalue weighted by molar-refractivity contribution is 6.31. The minimum Gasteiger partial charge on any atom is -0.443 e. The summed E-state index contributed by atoms with van der Waals surface area (Å²) in [5, 5.41) is 12.1. The number of carbonyl (C=O) groups excluding carboxylic acids is 2. The predicted molar refractivity (Wildman–Crippen MR) is 143 cm³/mol. The van der Waals surface area contributed by atoms with Gasteiger partial charge in [-0.2, -0.15) is 0 Å². The van der Waals surface area contributed by atoms with Crippen LogP contribution in [-0.4, -0.2) is 69.9 Å². The second-order valence-electron chi connectivity index (χ2n) is 9.28. The van der Waals surface area contributed by atoms with Gasteiger partial charge >= 0.3 is 6.09 Å². The molecule has 3 aromatic rings. The number of ether oxygens (including phenoxy) is 3. The molecule has 11 nitrogen and oxygen atoms in total. The van der Waals surface area contributed by atoms with Crippen LogP contribution in [0.25, 0.3) is 5.65 Å². The van der Waals surface area contributed by atoms with Crippen LogP contribution in [0.2, 0.25) is 5.02 Å². The van der Waals surface area contributed by atoms with Crippen molar-refractivity contribution in [2.45, 2.75) is 46.1 Å². The molecule has 0 aliphatic carbocycles. The van der Waals surface area contributed by atoms with Crippen LogP contribution in [0, 0.1) is 0 Å². The molecule has 12 heteroatoms. The molecule has 0 unspecified atom stereocenters. The number of carbonyl (C=O) groups is 2. The average molecular weight is 547 g/mol. The molecule has 4 rings (SSSR count). The number of rotatable bonds is 9. The minimum atomic E-state index is -1.13. The first kappa shape index (κ1) is 29.3. The largest absolute Gasteiger partial charge is 0.443 e. The lowest BCUT2D eigenvalue weighted by molar-refractivity contribution is -0.126. The molecule has 3 heterocycles. The van der Waals surface area contributed by atoms with Gasteiger partial charge in [-0.05, 0) is 37.6 Å². The van der Waals surface area contributed by atoms with Gasteiger partial charge in [0.2, 0.25) is 5.91 Å². The Balaban J connectivity index is 0.00000400. The second-order valence-corrected chi connectivity index (χ2v) is 9.68. The topological polar surface area (TPSA) is 133 Å². The van der Waals surface area contributed by atoms with Gasteiger partial charge in [0.15, 0.2) is 11.5 Å². The highest BCUT2D eigenvalue weighted by Gasteiger charge is 2.29. The summed E-state index contributed by atoms with van der Waals surface area (Å²) in [5.74, 6) is 0.0385. The van der Waals surface area contributed by atoms with Crippen molar-refractivity contribution >= 4 is 29.2 Å². The van der Waals surface area contributed by atoms with Crippen molar-refractivity contribution in [2.24, 2.45) is 5.73 Å². The lowest BCUT2D eigenvalue weighted by atomic mass is 10.1. The van der Waals surface area contributed by atoms with E-state index in [0.29, 0.717) is 48.5 Å². The molecule has 0 spiro atoms. The van der Waals surface area contributed by atoms with E-state index in [1.54, 1.807) is 41.3 Å².